The van der Waals surface area contributed by atoms with Crippen LogP contribution in [0.1, 0.15) is 25.8 Å². The Morgan fingerprint density at radius 3 is 2.33 bits per heavy atom. The molecule has 10 heteroatoms. The Bertz CT molecular complexity index is 748. The lowest BCUT2D eigenvalue weighted by Gasteiger charge is -2.22. The van der Waals surface area contributed by atoms with Crippen LogP contribution in [0.25, 0.3) is 0 Å². The lowest BCUT2D eigenvalue weighted by atomic mass is 10.1. The standard InChI is InChI=1S/C20H26N2O8/c1-3-29-16(24)11-7-10-15(19(26)27)21-18(25)17(13(2)23)22-20(28)30-12-14-8-5-4-6-9-14/h4-9,11,13,15,17,23H,3,10,12H2,1-2H3,(H,21,25)(H,22,28)(H,26,27)/b11-7+/t13-,15+,17+/m1/s1. The summed E-state index contributed by atoms with van der Waals surface area (Å²) in [6.07, 6.45) is -0.176. The van der Waals surface area contributed by atoms with Gasteiger partial charge in [0, 0.05) is 6.08 Å². The minimum Gasteiger partial charge on any atom is -0.480 e. The Balaban J connectivity index is 2.65. The van der Waals surface area contributed by atoms with E-state index < -0.39 is 42.1 Å². The van der Waals surface area contributed by atoms with E-state index >= 15 is 0 Å². The molecular weight excluding hydrogens is 396 g/mol. The number of ether oxygens (including phenoxy) is 2. The van der Waals surface area contributed by atoms with E-state index in [1.54, 1.807) is 37.3 Å². The second-order valence-corrected chi connectivity index (χ2v) is 6.21. The summed E-state index contributed by atoms with van der Waals surface area (Å²) in [7, 11) is 0. The number of nitrogens with one attached hydrogen (secondary N) is 2. The number of amides is 2. The summed E-state index contributed by atoms with van der Waals surface area (Å²) >= 11 is 0. The SMILES string of the molecule is CCOC(=O)/C=C/C[C@H](NC(=O)[C@@H](NC(=O)OCc1ccccc1)[C@@H](C)O)C(=O)O. The number of alkyl carbamates (subject to hydrolysis) is 1. The number of carbonyl (C=O) groups excluding carboxylic acids is 3. The first kappa shape index (κ1) is 24.6. The van der Waals surface area contributed by atoms with E-state index in [1.807, 2.05) is 0 Å². The smallest absolute Gasteiger partial charge is 0.408 e. The van der Waals surface area contributed by atoms with E-state index in [2.05, 4.69) is 15.4 Å². The molecule has 164 valence electrons. The van der Waals surface area contributed by atoms with E-state index in [0.29, 0.717) is 0 Å². The highest BCUT2D eigenvalue weighted by molar-refractivity contribution is 5.90. The molecule has 10 nitrogen and oxygen atoms in total. The zero-order chi connectivity index (χ0) is 22.5. The van der Waals surface area contributed by atoms with E-state index in [1.165, 1.54) is 13.0 Å². The highest BCUT2D eigenvalue weighted by atomic mass is 16.5. The number of esters is 1. The molecule has 0 radical (unpaired) electrons. The van der Waals surface area contributed by atoms with Gasteiger partial charge in [0.05, 0.1) is 12.7 Å². The Kier molecular flexibility index (Phi) is 10.6. The molecule has 30 heavy (non-hydrogen) atoms. The van der Waals surface area contributed by atoms with Gasteiger partial charge in [0.2, 0.25) is 5.91 Å². The molecule has 0 unspecified atom stereocenters. The normalized spacial score (nSPS) is 13.7. The third-order valence-electron chi connectivity index (χ3n) is 3.78. The van der Waals surface area contributed by atoms with Crippen molar-refractivity contribution >= 4 is 23.9 Å². The highest BCUT2D eigenvalue weighted by Gasteiger charge is 2.29. The summed E-state index contributed by atoms with van der Waals surface area (Å²) in [5, 5.41) is 23.5. The fourth-order valence-electron chi connectivity index (χ4n) is 2.27. The summed E-state index contributed by atoms with van der Waals surface area (Å²) in [5.74, 6) is -2.91. The fraction of sp³-hybridized carbons (Fsp3) is 0.400. The molecule has 2 amide bonds. The van der Waals surface area contributed by atoms with Crippen LogP contribution in [-0.2, 0) is 30.5 Å². The molecule has 1 rings (SSSR count). The van der Waals surface area contributed by atoms with E-state index in [0.717, 1.165) is 11.6 Å². The van der Waals surface area contributed by atoms with Crippen molar-refractivity contribution in [3.05, 3.63) is 48.0 Å². The van der Waals surface area contributed by atoms with Crippen molar-refractivity contribution in [3.63, 3.8) is 0 Å². The maximum Gasteiger partial charge on any atom is 0.408 e. The van der Waals surface area contributed by atoms with Crippen LogP contribution >= 0.6 is 0 Å². The van der Waals surface area contributed by atoms with Gasteiger partial charge in [-0.3, -0.25) is 4.79 Å². The molecule has 0 fully saturated rings. The molecule has 0 aliphatic carbocycles. The van der Waals surface area contributed by atoms with Gasteiger partial charge < -0.3 is 30.3 Å². The van der Waals surface area contributed by atoms with Gasteiger partial charge in [0.1, 0.15) is 18.7 Å². The molecule has 0 bridgehead atoms. The minimum atomic E-state index is -1.44. The van der Waals surface area contributed by atoms with Crippen LogP contribution in [-0.4, -0.2) is 58.9 Å². The van der Waals surface area contributed by atoms with Gasteiger partial charge in [-0.15, -0.1) is 0 Å². The summed E-state index contributed by atoms with van der Waals surface area (Å²) < 4.78 is 9.68. The van der Waals surface area contributed by atoms with Crippen molar-refractivity contribution in [1.29, 1.82) is 0 Å². The maximum absolute atomic E-state index is 12.4. The van der Waals surface area contributed by atoms with Gasteiger partial charge in [0.25, 0.3) is 0 Å². The average molecular weight is 422 g/mol. The van der Waals surface area contributed by atoms with Crippen LogP contribution in [0.3, 0.4) is 0 Å². The van der Waals surface area contributed by atoms with E-state index in [-0.39, 0.29) is 19.6 Å². The van der Waals surface area contributed by atoms with Gasteiger partial charge in [0.15, 0.2) is 0 Å². The molecule has 0 aliphatic rings. The van der Waals surface area contributed by atoms with Gasteiger partial charge >= 0.3 is 18.0 Å². The fourth-order valence-corrected chi connectivity index (χ4v) is 2.27. The third-order valence-corrected chi connectivity index (χ3v) is 3.78. The molecule has 1 aromatic carbocycles. The number of carboxylic acids is 1. The van der Waals surface area contributed by atoms with Crippen molar-refractivity contribution in [1.82, 2.24) is 10.6 Å². The Labute approximate surface area is 173 Å². The predicted molar refractivity (Wildman–Crippen MR) is 105 cm³/mol. The van der Waals surface area contributed by atoms with Crippen LogP contribution in [0.5, 0.6) is 0 Å². The molecule has 0 aromatic heterocycles. The lowest BCUT2D eigenvalue weighted by Crippen LogP contribution is -2.55. The van der Waals surface area contributed by atoms with Crippen LogP contribution in [0.4, 0.5) is 4.79 Å². The first-order chi connectivity index (χ1) is 14.2. The first-order valence-electron chi connectivity index (χ1n) is 9.26. The maximum atomic E-state index is 12.4. The zero-order valence-corrected chi connectivity index (χ0v) is 16.7. The molecule has 4 N–H and O–H groups in total. The average Bonchev–Trinajstić information content (AvgIpc) is 2.70. The minimum absolute atomic E-state index is 0.0444. The summed E-state index contributed by atoms with van der Waals surface area (Å²) in [4.78, 5) is 47.0. The Morgan fingerprint density at radius 2 is 1.77 bits per heavy atom. The molecule has 1 aromatic rings. The number of carbonyl (C=O) groups is 4. The summed E-state index contributed by atoms with van der Waals surface area (Å²) in [5.41, 5.74) is 0.727. The second kappa shape index (κ2) is 12.9. The topological polar surface area (TPSA) is 151 Å². The number of aliphatic carboxylic acids is 1. The lowest BCUT2D eigenvalue weighted by molar-refractivity contribution is -0.142. The molecule has 0 saturated heterocycles. The van der Waals surface area contributed by atoms with Crippen LogP contribution in [0.2, 0.25) is 0 Å². The highest BCUT2D eigenvalue weighted by Crippen LogP contribution is 2.03. The number of carboxylic acid groups (broad SMARTS) is 1. The molecular formula is C20H26N2O8. The zero-order valence-electron chi connectivity index (χ0n) is 16.7. The van der Waals surface area contributed by atoms with Crippen molar-refractivity contribution in [2.75, 3.05) is 6.61 Å². The largest absolute Gasteiger partial charge is 0.480 e. The van der Waals surface area contributed by atoms with Crippen LogP contribution in [0.15, 0.2) is 42.5 Å². The number of aliphatic hydroxyl groups excluding tert-OH is 1. The molecule has 3 atom stereocenters. The predicted octanol–water partition coefficient (Wildman–Crippen LogP) is 0.741. The quantitative estimate of drug-likeness (QED) is 0.301. The monoisotopic (exact) mass is 422 g/mol. The van der Waals surface area contributed by atoms with Gasteiger partial charge in [-0.05, 0) is 25.8 Å². The number of rotatable bonds is 11. The van der Waals surface area contributed by atoms with Crippen molar-refractivity contribution in [2.45, 2.75) is 45.1 Å². The Morgan fingerprint density at radius 1 is 1.10 bits per heavy atom. The molecule has 0 spiro atoms. The van der Waals surface area contributed by atoms with Crippen LogP contribution in [0, 0.1) is 0 Å². The number of hydrogen-bond acceptors (Lipinski definition) is 7. The van der Waals surface area contributed by atoms with Crippen molar-refractivity contribution in [2.24, 2.45) is 0 Å². The second-order valence-electron chi connectivity index (χ2n) is 6.21. The Hall–Kier alpha value is -3.40. The summed E-state index contributed by atoms with van der Waals surface area (Å²) in [6, 6.07) is 6.01. The third kappa shape index (κ3) is 9.20. The van der Waals surface area contributed by atoms with E-state index in [4.69, 9.17) is 4.74 Å². The van der Waals surface area contributed by atoms with Crippen molar-refractivity contribution < 1.29 is 38.9 Å². The van der Waals surface area contributed by atoms with E-state index in [9.17, 15) is 29.4 Å². The first-order valence-corrected chi connectivity index (χ1v) is 9.26. The van der Waals surface area contributed by atoms with Gasteiger partial charge in [-0.25, -0.2) is 14.4 Å². The molecule has 0 saturated carbocycles. The number of aliphatic hydroxyl groups is 1. The van der Waals surface area contributed by atoms with Gasteiger partial charge in [-0.2, -0.15) is 0 Å². The van der Waals surface area contributed by atoms with Crippen LogP contribution < -0.4 is 10.6 Å². The summed E-state index contributed by atoms with van der Waals surface area (Å²) in [6.45, 7) is 3.01. The van der Waals surface area contributed by atoms with Gasteiger partial charge in [-0.1, -0.05) is 36.4 Å². The number of benzene rings is 1. The molecule has 0 aliphatic heterocycles. The van der Waals surface area contributed by atoms with Crippen molar-refractivity contribution in [3.8, 4) is 0 Å². The molecule has 0 heterocycles. The number of hydrogen-bond donors (Lipinski definition) is 4.